The molecule has 0 saturated carbocycles. The van der Waals surface area contributed by atoms with E-state index in [9.17, 15) is 4.79 Å². The number of anilines is 1. The third-order valence-electron chi connectivity index (χ3n) is 3.95. The topological polar surface area (TPSA) is 50.4 Å². The van der Waals surface area contributed by atoms with E-state index in [1.165, 1.54) is 5.56 Å². The molecule has 3 aromatic carbocycles. The fourth-order valence-electron chi connectivity index (χ4n) is 2.50. The van der Waals surface area contributed by atoms with Gasteiger partial charge >= 0.3 is 0 Å². The second-order valence-corrected chi connectivity index (χ2v) is 7.35. The van der Waals surface area contributed by atoms with Crippen LogP contribution in [-0.2, 0) is 6.42 Å². The molecule has 3 rings (SSSR count). The number of halogens is 1. The molecule has 0 fully saturated rings. The summed E-state index contributed by atoms with van der Waals surface area (Å²) in [6, 6.07) is 24.7. The Balaban J connectivity index is 1.46. The summed E-state index contributed by atoms with van der Waals surface area (Å²) in [6.45, 7) is 0.610. The van der Waals surface area contributed by atoms with E-state index in [1.807, 2.05) is 54.6 Å². The molecular formula is C22H19BrN2O2S. The van der Waals surface area contributed by atoms with Crippen molar-refractivity contribution in [3.63, 3.8) is 0 Å². The van der Waals surface area contributed by atoms with Gasteiger partial charge in [0.2, 0.25) is 0 Å². The van der Waals surface area contributed by atoms with Crippen LogP contribution in [0.4, 0.5) is 5.69 Å². The Labute approximate surface area is 178 Å². The monoisotopic (exact) mass is 454 g/mol. The van der Waals surface area contributed by atoms with Gasteiger partial charge in [0.15, 0.2) is 5.11 Å². The van der Waals surface area contributed by atoms with Gasteiger partial charge in [-0.3, -0.25) is 10.1 Å². The number of thiocarbonyl (C=S) groups is 1. The van der Waals surface area contributed by atoms with Gasteiger partial charge < -0.3 is 10.1 Å². The molecule has 0 unspecified atom stereocenters. The van der Waals surface area contributed by atoms with Crippen molar-refractivity contribution in [2.24, 2.45) is 0 Å². The summed E-state index contributed by atoms with van der Waals surface area (Å²) < 4.78 is 6.68. The van der Waals surface area contributed by atoms with Gasteiger partial charge in [-0.05, 0) is 66.3 Å². The van der Waals surface area contributed by atoms with Crippen molar-refractivity contribution < 1.29 is 9.53 Å². The Morgan fingerprint density at radius 2 is 1.61 bits per heavy atom. The van der Waals surface area contributed by atoms with E-state index < -0.39 is 0 Å². The predicted molar refractivity (Wildman–Crippen MR) is 120 cm³/mol. The molecule has 0 radical (unpaired) electrons. The van der Waals surface area contributed by atoms with Crippen molar-refractivity contribution in [3.8, 4) is 5.75 Å². The number of nitrogens with one attached hydrogen (secondary N) is 2. The van der Waals surface area contributed by atoms with E-state index in [4.69, 9.17) is 17.0 Å². The van der Waals surface area contributed by atoms with Gasteiger partial charge in [0, 0.05) is 22.1 Å². The van der Waals surface area contributed by atoms with Crippen LogP contribution in [-0.4, -0.2) is 17.6 Å². The molecule has 0 heterocycles. The van der Waals surface area contributed by atoms with Crippen LogP contribution in [0.2, 0.25) is 0 Å². The molecule has 4 nitrogen and oxygen atoms in total. The summed E-state index contributed by atoms with van der Waals surface area (Å²) in [4.78, 5) is 12.2. The Hall–Kier alpha value is -2.70. The first-order chi connectivity index (χ1) is 13.6. The largest absolute Gasteiger partial charge is 0.493 e. The molecule has 6 heteroatoms. The van der Waals surface area contributed by atoms with Crippen LogP contribution >= 0.6 is 28.1 Å². The lowest BCUT2D eigenvalue weighted by Crippen LogP contribution is -2.34. The SMILES string of the molecule is O=C(NC(=S)Nc1ccc(OCCc2ccccc2)cc1)c1ccc(Br)cc1. The Morgan fingerprint density at radius 1 is 0.929 bits per heavy atom. The highest BCUT2D eigenvalue weighted by Gasteiger charge is 2.08. The molecule has 3 aromatic rings. The summed E-state index contributed by atoms with van der Waals surface area (Å²) in [5.41, 5.74) is 2.55. The van der Waals surface area contributed by atoms with Crippen LogP contribution in [0.15, 0.2) is 83.3 Å². The van der Waals surface area contributed by atoms with Crippen LogP contribution in [0.25, 0.3) is 0 Å². The second-order valence-electron chi connectivity index (χ2n) is 6.02. The van der Waals surface area contributed by atoms with Crippen molar-refractivity contribution >= 4 is 44.9 Å². The zero-order valence-corrected chi connectivity index (χ0v) is 17.4. The molecule has 0 bridgehead atoms. The number of hydrogen-bond acceptors (Lipinski definition) is 3. The smallest absolute Gasteiger partial charge is 0.257 e. The van der Waals surface area contributed by atoms with Gasteiger partial charge in [0.25, 0.3) is 5.91 Å². The van der Waals surface area contributed by atoms with Crippen LogP contribution in [0, 0.1) is 0 Å². The van der Waals surface area contributed by atoms with Gasteiger partial charge in [-0.2, -0.15) is 0 Å². The summed E-state index contributed by atoms with van der Waals surface area (Å²) >= 11 is 8.55. The Kier molecular flexibility index (Phi) is 7.17. The molecule has 1 amide bonds. The van der Waals surface area contributed by atoms with Crippen molar-refractivity contribution in [2.45, 2.75) is 6.42 Å². The molecular weight excluding hydrogens is 436 g/mol. The van der Waals surface area contributed by atoms with Crippen LogP contribution in [0.1, 0.15) is 15.9 Å². The number of amides is 1. The standard InChI is InChI=1S/C22H19BrN2O2S/c23-18-8-6-17(7-9-18)21(26)25-22(28)24-19-10-12-20(13-11-19)27-15-14-16-4-2-1-3-5-16/h1-13H,14-15H2,(H2,24,25,26,28). The lowest BCUT2D eigenvalue weighted by molar-refractivity contribution is 0.0977. The number of carbonyl (C=O) groups is 1. The molecule has 142 valence electrons. The predicted octanol–water partition coefficient (Wildman–Crippen LogP) is 5.20. The van der Waals surface area contributed by atoms with Gasteiger partial charge in [-0.1, -0.05) is 46.3 Å². The minimum atomic E-state index is -0.258. The molecule has 0 aromatic heterocycles. The van der Waals surface area contributed by atoms with E-state index in [0.717, 1.165) is 22.3 Å². The van der Waals surface area contributed by atoms with Crippen molar-refractivity contribution in [1.29, 1.82) is 0 Å². The third-order valence-corrected chi connectivity index (χ3v) is 4.68. The Bertz CT molecular complexity index is 929. The molecule has 2 N–H and O–H groups in total. The van der Waals surface area contributed by atoms with E-state index >= 15 is 0 Å². The van der Waals surface area contributed by atoms with Crippen molar-refractivity contribution in [1.82, 2.24) is 5.32 Å². The van der Waals surface area contributed by atoms with E-state index in [1.54, 1.807) is 12.1 Å². The lowest BCUT2D eigenvalue weighted by Gasteiger charge is -2.11. The van der Waals surface area contributed by atoms with Gasteiger partial charge in [-0.15, -0.1) is 0 Å². The first-order valence-corrected chi connectivity index (χ1v) is 9.95. The number of benzene rings is 3. The number of hydrogen-bond donors (Lipinski definition) is 2. The molecule has 0 aliphatic rings. The number of carbonyl (C=O) groups excluding carboxylic acids is 1. The maximum atomic E-state index is 12.2. The number of rotatable bonds is 6. The van der Waals surface area contributed by atoms with E-state index in [2.05, 4.69) is 38.7 Å². The minimum absolute atomic E-state index is 0.241. The molecule has 0 saturated heterocycles. The Morgan fingerprint density at radius 3 is 2.29 bits per heavy atom. The number of ether oxygens (including phenoxy) is 1. The van der Waals surface area contributed by atoms with Crippen molar-refractivity contribution in [2.75, 3.05) is 11.9 Å². The minimum Gasteiger partial charge on any atom is -0.493 e. The first-order valence-electron chi connectivity index (χ1n) is 8.75. The molecule has 28 heavy (non-hydrogen) atoms. The summed E-state index contributed by atoms with van der Waals surface area (Å²) in [5, 5.41) is 5.91. The molecule has 0 aliphatic heterocycles. The molecule has 0 atom stereocenters. The average molecular weight is 455 g/mol. The highest BCUT2D eigenvalue weighted by atomic mass is 79.9. The zero-order valence-electron chi connectivity index (χ0n) is 15.0. The first kappa shape index (κ1) is 20.0. The second kappa shape index (κ2) is 10.0. The highest BCUT2D eigenvalue weighted by molar-refractivity contribution is 9.10. The van der Waals surface area contributed by atoms with Crippen LogP contribution in [0.5, 0.6) is 5.75 Å². The molecule has 0 spiro atoms. The lowest BCUT2D eigenvalue weighted by atomic mass is 10.2. The fraction of sp³-hybridized carbons (Fsp3) is 0.0909. The van der Waals surface area contributed by atoms with Crippen LogP contribution < -0.4 is 15.4 Å². The maximum Gasteiger partial charge on any atom is 0.257 e. The highest BCUT2D eigenvalue weighted by Crippen LogP contribution is 2.16. The van der Waals surface area contributed by atoms with Gasteiger partial charge in [0.05, 0.1) is 6.61 Å². The zero-order chi connectivity index (χ0) is 19.8. The fourth-order valence-corrected chi connectivity index (χ4v) is 2.98. The quantitative estimate of drug-likeness (QED) is 0.502. The maximum absolute atomic E-state index is 12.2. The third kappa shape index (κ3) is 6.18. The van der Waals surface area contributed by atoms with Crippen molar-refractivity contribution in [3.05, 3.63) is 94.5 Å². The summed E-state index contributed by atoms with van der Waals surface area (Å²) in [6.07, 6.45) is 0.854. The summed E-state index contributed by atoms with van der Waals surface area (Å²) in [5.74, 6) is 0.525. The normalized spacial score (nSPS) is 10.2. The van der Waals surface area contributed by atoms with Gasteiger partial charge in [-0.25, -0.2) is 0 Å². The summed E-state index contributed by atoms with van der Waals surface area (Å²) in [7, 11) is 0. The van der Waals surface area contributed by atoms with Crippen LogP contribution in [0.3, 0.4) is 0 Å². The average Bonchev–Trinajstić information content (AvgIpc) is 2.70. The van der Waals surface area contributed by atoms with E-state index in [-0.39, 0.29) is 11.0 Å². The van der Waals surface area contributed by atoms with Gasteiger partial charge in [0.1, 0.15) is 5.75 Å². The molecule has 0 aliphatic carbocycles. The van der Waals surface area contributed by atoms with E-state index in [0.29, 0.717) is 12.2 Å².